The third-order valence-corrected chi connectivity index (χ3v) is 2.98. The normalized spacial score (nSPS) is 10.4. The second-order valence-electron chi connectivity index (χ2n) is 4.39. The molecule has 1 heterocycles. The van der Waals surface area contributed by atoms with Crippen molar-refractivity contribution in [3.63, 3.8) is 0 Å². The number of amides is 1. The average Bonchev–Trinajstić information content (AvgIpc) is 2.96. The molecule has 0 atom stereocenters. The van der Waals surface area contributed by atoms with Crippen molar-refractivity contribution in [1.29, 1.82) is 0 Å². The third kappa shape index (κ3) is 2.64. The summed E-state index contributed by atoms with van der Waals surface area (Å²) in [5.74, 6) is 0.505. The van der Waals surface area contributed by atoms with Gasteiger partial charge in [0, 0.05) is 17.1 Å². The number of benzene rings is 2. The highest BCUT2D eigenvalue weighted by molar-refractivity contribution is 6.01. The van der Waals surface area contributed by atoms with E-state index in [0.717, 1.165) is 16.6 Å². The average molecular weight is 266 g/mol. The molecule has 0 bridgehead atoms. The first kappa shape index (κ1) is 12.3. The number of ether oxygens (including phenoxy) is 1. The molecule has 0 aliphatic carbocycles. The van der Waals surface area contributed by atoms with E-state index in [-0.39, 0.29) is 12.5 Å². The second-order valence-corrected chi connectivity index (χ2v) is 4.39. The Hall–Kier alpha value is -2.75. The van der Waals surface area contributed by atoms with Gasteiger partial charge in [-0.2, -0.15) is 0 Å². The number of aromatic amines is 1. The van der Waals surface area contributed by atoms with Crippen LogP contribution in [0.1, 0.15) is 0 Å². The van der Waals surface area contributed by atoms with Crippen molar-refractivity contribution < 1.29 is 9.53 Å². The van der Waals surface area contributed by atoms with Gasteiger partial charge in [0.2, 0.25) is 0 Å². The van der Waals surface area contributed by atoms with Gasteiger partial charge in [-0.15, -0.1) is 0 Å². The van der Waals surface area contributed by atoms with Gasteiger partial charge >= 0.3 is 0 Å². The number of H-pyrrole nitrogens is 1. The minimum Gasteiger partial charge on any atom is -0.484 e. The lowest BCUT2D eigenvalue weighted by atomic mass is 10.2. The van der Waals surface area contributed by atoms with E-state index in [9.17, 15) is 4.79 Å². The van der Waals surface area contributed by atoms with Crippen molar-refractivity contribution >= 4 is 22.5 Å². The molecule has 0 fully saturated rings. The smallest absolute Gasteiger partial charge is 0.262 e. The van der Waals surface area contributed by atoms with Crippen LogP contribution < -0.4 is 10.1 Å². The molecule has 3 aromatic rings. The van der Waals surface area contributed by atoms with Gasteiger partial charge in [0.15, 0.2) is 6.61 Å². The molecule has 0 aliphatic heterocycles. The number of anilines is 1. The molecular weight excluding hydrogens is 252 g/mol. The lowest BCUT2D eigenvalue weighted by Gasteiger charge is -2.08. The van der Waals surface area contributed by atoms with Crippen molar-refractivity contribution in [2.24, 2.45) is 0 Å². The largest absolute Gasteiger partial charge is 0.484 e. The van der Waals surface area contributed by atoms with Gasteiger partial charge in [0.1, 0.15) is 5.75 Å². The first-order valence-corrected chi connectivity index (χ1v) is 6.37. The van der Waals surface area contributed by atoms with Gasteiger partial charge in [0.05, 0.1) is 5.69 Å². The van der Waals surface area contributed by atoms with Crippen LogP contribution in [0.2, 0.25) is 0 Å². The summed E-state index contributed by atoms with van der Waals surface area (Å²) in [6.07, 6.45) is 1.85. The second kappa shape index (κ2) is 5.48. The fraction of sp³-hybridized carbons (Fsp3) is 0.0625. The first-order chi connectivity index (χ1) is 9.83. The fourth-order valence-corrected chi connectivity index (χ4v) is 2.05. The number of carbonyl (C=O) groups is 1. The zero-order chi connectivity index (χ0) is 13.8. The zero-order valence-electron chi connectivity index (χ0n) is 10.8. The molecule has 0 radical (unpaired) electrons. The quantitative estimate of drug-likeness (QED) is 0.762. The number of carbonyl (C=O) groups excluding carboxylic acids is 1. The van der Waals surface area contributed by atoms with Gasteiger partial charge in [-0.25, -0.2) is 0 Å². The highest BCUT2D eigenvalue weighted by atomic mass is 16.5. The lowest BCUT2D eigenvalue weighted by Crippen LogP contribution is -2.20. The molecule has 0 spiro atoms. The van der Waals surface area contributed by atoms with Gasteiger partial charge < -0.3 is 15.0 Å². The minimum atomic E-state index is -0.178. The highest BCUT2D eigenvalue weighted by Crippen LogP contribution is 2.22. The van der Waals surface area contributed by atoms with Crippen molar-refractivity contribution in [1.82, 2.24) is 4.98 Å². The summed E-state index contributed by atoms with van der Waals surface area (Å²) in [6, 6.07) is 16.9. The minimum absolute atomic E-state index is 0.00910. The van der Waals surface area contributed by atoms with Crippen LogP contribution in [0.5, 0.6) is 5.75 Å². The molecule has 2 N–H and O–H groups in total. The highest BCUT2D eigenvalue weighted by Gasteiger charge is 2.06. The van der Waals surface area contributed by atoms with Gasteiger partial charge in [-0.1, -0.05) is 24.3 Å². The van der Waals surface area contributed by atoms with Crippen molar-refractivity contribution in [3.8, 4) is 5.75 Å². The maximum atomic E-state index is 11.9. The van der Waals surface area contributed by atoms with Crippen LogP contribution in [0.4, 0.5) is 5.69 Å². The monoisotopic (exact) mass is 266 g/mol. The van der Waals surface area contributed by atoms with Crippen molar-refractivity contribution in [2.45, 2.75) is 0 Å². The van der Waals surface area contributed by atoms with Gasteiger partial charge in [-0.05, 0) is 30.3 Å². The van der Waals surface area contributed by atoms with Crippen molar-refractivity contribution in [2.75, 3.05) is 11.9 Å². The van der Waals surface area contributed by atoms with E-state index in [4.69, 9.17) is 4.74 Å². The molecule has 0 aliphatic rings. The number of rotatable bonds is 4. The predicted octanol–water partition coefficient (Wildman–Crippen LogP) is 3.19. The number of para-hydroxylation sites is 1. The Labute approximate surface area is 116 Å². The Bertz CT molecular complexity index is 719. The Kier molecular flexibility index (Phi) is 3.37. The lowest BCUT2D eigenvalue weighted by molar-refractivity contribution is -0.118. The standard InChI is InChI=1S/C16H14N2O2/c19-16(11-20-12-5-2-1-3-6-12)18-15-8-4-7-14-13(15)9-10-17-14/h1-10,17H,11H2,(H,18,19). The third-order valence-electron chi connectivity index (χ3n) is 2.98. The summed E-state index contributed by atoms with van der Waals surface area (Å²) in [7, 11) is 0. The molecule has 100 valence electrons. The Balaban J connectivity index is 1.66. The fourth-order valence-electron chi connectivity index (χ4n) is 2.05. The summed E-state index contributed by atoms with van der Waals surface area (Å²) >= 11 is 0. The summed E-state index contributed by atoms with van der Waals surface area (Å²) in [6.45, 7) is -0.00910. The van der Waals surface area contributed by atoms with Crippen LogP contribution in [0.3, 0.4) is 0 Å². The van der Waals surface area contributed by atoms with E-state index in [1.807, 2.05) is 60.8 Å². The topological polar surface area (TPSA) is 54.1 Å². The Morgan fingerprint density at radius 2 is 1.90 bits per heavy atom. The number of nitrogens with one attached hydrogen (secondary N) is 2. The summed E-state index contributed by atoms with van der Waals surface area (Å²) in [5, 5.41) is 3.84. The number of aromatic nitrogens is 1. The van der Waals surface area contributed by atoms with E-state index >= 15 is 0 Å². The van der Waals surface area contributed by atoms with Gasteiger partial charge in [-0.3, -0.25) is 4.79 Å². The Morgan fingerprint density at radius 3 is 2.75 bits per heavy atom. The Morgan fingerprint density at radius 1 is 1.05 bits per heavy atom. The number of fused-ring (bicyclic) bond motifs is 1. The molecule has 0 unspecified atom stereocenters. The molecule has 4 nitrogen and oxygen atoms in total. The molecule has 20 heavy (non-hydrogen) atoms. The zero-order valence-corrected chi connectivity index (χ0v) is 10.8. The van der Waals surface area contributed by atoms with E-state index in [2.05, 4.69) is 10.3 Å². The van der Waals surface area contributed by atoms with Crippen molar-refractivity contribution in [3.05, 3.63) is 60.8 Å². The van der Waals surface area contributed by atoms with Gasteiger partial charge in [0.25, 0.3) is 5.91 Å². The summed E-state index contributed by atoms with van der Waals surface area (Å²) < 4.78 is 5.41. The molecule has 1 amide bonds. The molecule has 3 rings (SSSR count). The predicted molar refractivity (Wildman–Crippen MR) is 78.9 cm³/mol. The molecule has 0 saturated heterocycles. The summed E-state index contributed by atoms with van der Waals surface area (Å²) in [5.41, 5.74) is 1.78. The van der Waals surface area contributed by atoms with E-state index in [1.54, 1.807) is 0 Å². The molecule has 0 saturated carbocycles. The van der Waals surface area contributed by atoms with Crippen LogP contribution >= 0.6 is 0 Å². The molecule has 4 heteroatoms. The van der Waals surface area contributed by atoms with Crippen LogP contribution in [0.25, 0.3) is 10.9 Å². The van der Waals surface area contributed by atoms with Crippen LogP contribution in [-0.2, 0) is 4.79 Å². The van der Waals surface area contributed by atoms with Crippen LogP contribution in [0.15, 0.2) is 60.8 Å². The molecule has 1 aromatic heterocycles. The summed E-state index contributed by atoms with van der Waals surface area (Å²) in [4.78, 5) is 15.0. The number of hydrogen-bond donors (Lipinski definition) is 2. The van der Waals surface area contributed by atoms with Crippen LogP contribution in [0, 0.1) is 0 Å². The molecule has 2 aromatic carbocycles. The van der Waals surface area contributed by atoms with E-state index in [0.29, 0.717) is 5.75 Å². The SMILES string of the molecule is O=C(COc1ccccc1)Nc1cccc2[nH]ccc12. The van der Waals surface area contributed by atoms with E-state index in [1.165, 1.54) is 0 Å². The first-order valence-electron chi connectivity index (χ1n) is 6.37. The number of hydrogen-bond acceptors (Lipinski definition) is 2. The van der Waals surface area contributed by atoms with E-state index < -0.39 is 0 Å². The maximum Gasteiger partial charge on any atom is 0.262 e. The van der Waals surface area contributed by atoms with Crippen LogP contribution in [-0.4, -0.2) is 17.5 Å². The maximum absolute atomic E-state index is 11.9. The molecular formula is C16H14N2O2.